The molecule has 0 aliphatic carbocycles. The van der Waals surface area contributed by atoms with Crippen LogP contribution < -0.4 is 10.6 Å². The fourth-order valence-corrected chi connectivity index (χ4v) is 3.80. The normalized spacial score (nSPS) is 16.0. The van der Waals surface area contributed by atoms with Gasteiger partial charge in [0.15, 0.2) is 0 Å². The SMILES string of the molecule is C[C@H](NC(=O)C1(NCCCc2ccccc2)CCOCC1)c1ccc(C(=O)O)cc1.Cl. The largest absolute Gasteiger partial charge is 0.478 e. The molecule has 3 N–H and O–H groups in total. The number of aromatic carboxylic acids is 1. The van der Waals surface area contributed by atoms with Gasteiger partial charge in [0, 0.05) is 13.2 Å². The molecule has 0 radical (unpaired) electrons. The molecule has 6 nitrogen and oxygen atoms in total. The van der Waals surface area contributed by atoms with Gasteiger partial charge >= 0.3 is 5.97 Å². The second-order valence-electron chi connectivity index (χ2n) is 7.83. The maximum absolute atomic E-state index is 13.2. The number of halogens is 1. The molecule has 3 rings (SSSR count). The van der Waals surface area contributed by atoms with E-state index in [1.54, 1.807) is 24.3 Å². The number of aryl methyl sites for hydroxylation is 1. The Balaban J connectivity index is 0.00000341. The smallest absolute Gasteiger partial charge is 0.335 e. The number of ether oxygens (including phenoxy) is 1. The molecular formula is C24H31ClN2O4. The van der Waals surface area contributed by atoms with Crippen molar-refractivity contribution >= 4 is 24.3 Å². The quantitative estimate of drug-likeness (QED) is 0.510. The molecule has 1 aliphatic rings. The first kappa shape index (κ1) is 24.9. The molecule has 2 aromatic rings. The second-order valence-corrected chi connectivity index (χ2v) is 7.83. The molecular weight excluding hydrogens is 416 g/mol. The Kier molecular flexibility index (Phi) is 9.49. The standard InChI is InChI=1S/C24H30N2O4.ClH/c1-18(20-9-11-21(12-10-20)22(27)28)26-23(29)24(13-16-30-17-14-24)25-15-5-8-19-6-3-2-4-7-19;/h2-4,6-7,9-12,18,25H,5,8,13-17H2,1H3,(H,26,29)(H,27,28);1H/t18-;/m0./s1. The van der Waals surface area contributed by atoms with Gasteiger partial charge in [-0.1, -0.05) is 42.5 Å². The summed E-state index contributed by atoms with van der Waals surface area (Å²) in [6.07, 6.45) is 3.18. The molecule has 1 fully saturated rings. The highest BCUT2D eigenvalue weighted by molar-refractivity contribution is 5.88. The zero-order chi connectivity index (χ0) is 21.4. The van der Waals surface area contributed by atoms with Crippen LogP contribution in [0.25, 0.3) is 0 Å². The van der Waals surface area contributed by atoms with E-state index in [1.165, 1.54) is 5.56 Å². The lowest BCUT2D eigenvalue weighted by Gasteiger charge is -2.37. The molecule has 1 heterocycles. The Morgan fingerprint density at radius 3 is 2.32 bits per heavy atom. The molecule has 1 atom stereocenters. The van der Waals surface area contributed by atoms with E-state index in [0.717, 1.165) is 24.9 Å². The molecule has 31 heavy (non-hydrogen) atoms. The lowest BCUT2D eigenvalue weighted by molar-refractivity contribution is -0.132. The fourth-order valence-electron chi connectivity index (χ4n) is 3.80. The van der Waals surface area contributed by atoms with Gasteiger partial charge in [-0.15, -0.1) is 12.4 Å². The summed E-state index contributed by atoms with van der Waals surface area (Å²) in [7, 11) is 0. The highest BCUT2D eigenvalue weighted by Crippen LogP contribution is 2.23. The van der Waals surface area contributed by atoms with Crippen molar-refractivity contribution in [2.45, 2.75) is 44.2 Å². The molecule has 0 unspecified atom stereocenters. The Labute approximate surface area is 189 Å². The van der Waals surface area contributed by atoms with E-state index in [-0.39, 0.29) is 29.9 Å². The van der Waals surface area contributed by atoms with Gasteiger partial charge in [-0.25, -0.2) is 4.79 Å². The van der Waals surface area contributed by atoms with E-state index in [4.69, 9.17) is 9.84 Å². The molecule has 0 saturated carbocycles. The fraction of sp³-hybridized carbons (Fsp3) is 0.417. The van der Waals surface area contributed by atoms with E-state index in [1.807, 2.05) is 25.1 Å². The number of carbonyl (C=O) groups excluding carboxylic acids is 1. The van der Waals surface area contributed by atoms with Crippen molar-refractivity contribution in [1.29, 1.82) is 0 Å². The van der Waals surface area contributed by atoms with Crippen LogP contribution in [-0.2, 0) is 16.0 Å². The summed E-state index contributed by atoms with van der Waals surface area (Å²) in [5.41, 5.74) is 1.77. The van der Waals surface area contributed by atoms with Crippen LogP contribution in [0.4, 0.5) is 0 Å². The van der Waals surface area contributed by atoms with Gasteiger partial charge in [-0.3, -0.25) is 4.79 Å². The summed E-state index contributed by atoms with van der Waals surface area (Å²) in [6, 6.07) is 16.7. The highest BCUT2D eigenvalue weighted by atomic mass is 35.5. The van der Waals surface area contributed by atoms with Gasteiger partial charge in [0.2, 0.25) is 5.91 Å². The number of hydrogen-bond acceptors (Lipinski definition) is 4. The topological polar surface area (TPSA) is 87.7 Å². The van der Waals surface area contributed by atoms with Crippen molar-refractivity contribution in [3.8, 4) is 0 Å². The average Bonchev–Trinajstić information content (AvgIpc) is 2.78. The van der Waals surface area contributed by atoms with Crippen molar-refractivity contribution in [3.63, 3.8) is 0 Å². The van der Waals surface area contributed by atoms with Crippen LogP contribution in [-0.4, -0.2) is 42.3 Å². The molecule has 0 bridgehead atoms. The van der Waals surface area contributed by atoms with Crippen molar-refractivity contribution < 1.29 is 19.4 Å². The molecule has 7 heteroatoms. The zero-order valence-corrected chi connectivity index (χ0v) is 18.6. The van der Waals surface area contributed by atoms with Gasteiger partial charge in [0.05, 0.1) is 11.6 Å². The predicted molar refractivity (Wildman–Crippen MR) is 123 cm³/mol. The van der Waals surface area contributed by atoms with E-state index in [9.17, 15) is 9.59 Å². The third-order valence-corrected chi connectivity index (χ3v) is 5.73. The summed E-state index contributed by atoms with van der Waals surface area (Å²) in [5.74, 6) is -0.987. The van der Waals surface area contributed by atoms with E-state index < -0.39 is 11.5 Å². The first-order valence-corrected chi connectivity index (χ1v) is 10.5. The molecule has 1 amide bonds. The molecule has 0 aromatic heterocycles. The minimum absolute atomic E-state index is 0. The maximum Gasteiger partial charge on any atom is 0.335 e. The third kappa shape index (κ3) is 6.79. The van der Waals surface area contributed by atoms with E-state index in [0.29, 0.717) is 26.1 Å². The van der Waals surface area contributed by atoms with Gasteiger partial charge in [0.25, 0.3) is 0 Å². The number of hydrogen-bond donors (Lipinski definition) is 3. The summed E-state index contributed by atoms with van der Waals surface area (Å²) in [4.78, 5) is 24.3. The molecule has 1 saturated heterocycles. The number of rotatable bonds is 9. The van der Waals surface area contributed by atoms with Crippen LogP contribution in [0.3, 0.4) is 0 Å². The predicted octanol–water partition coefficient (Wildman–Crippen LogP) is 3.76. The van der Waals surface area contributed by atoms with Crippen molar-refractivity contribution in [2.75, 3.05) is 19.8 Å². The van der Waals surface area contributed by atoms with E-state index in [2.05, 4.69) is 22.8 Å². The van der Waals surface area contributed by atoms with Gasteiger partial charge < -0.3 is 20.5 Å². The summed E-state index contributed by atoms with van der Waals surface area (Å²) >= 11 is 0. The highest BCUT2D eigenvalue weighted by Gasteiger charge is 2.39. The minimum atomic E-state index is -0.959. The van der Waals surface area contributed by atoms with Gasteiger partial charge in [-0.2, -0.15) is 0 Å². The lowest BCUT2D eigenvalue weighted by atomic mass is 9.88. The number of nitrogens with one attached hydrogen (secondary N) is 2. The van der Waals surface area contributed by atoms with Crippen LogP contribution in [0.1, 0.15) is 53.7 Å². The average molecular weight is 447 g/mol. The van der Waals surface area contributed by atoms with Crippen LogP contribution in [0.2, 0.25) is 0 Å². The van der Waals surface area contributed by atoms with Gasteiger partial charge in [-0.05, 0) is 62.4 Å². The Morgan fingerprint density at radius 2 is 1.71 bits per heavy atom. The number of benzene rings is 2. The molecule has 1 aliphatic heterocycles. The number of carboxylic acids is 1. The third-order valence-electron chi connectivity index (χ3n) is 5.73. The van der Waals surface area contributed by atoms with Crippen LogP contribution in [0.5, 0.6) is 0 Å². The number of amides is 1. The second kappa shape index (κ2) is 11.8. The summed E-state index contributed by atoms with van der Waals surface area (Å²) in [6.45, 7) is 3.78. The van der Waals surface area contributed by atoms with Crippen molar-refractivity contribution in [3.05, 3.63) is 71.3 Å². The van der Waals surface area contributed by atoms with Gasteiger partial charge in [0.1, 0.15) is 5.54 Å². The Bertz CT molecular complexity index is 836. The monoisotopic (exact) mass is 446 g/mol. The van der Waals surface area contributed by atoms with Crippen molar-refractivity contribution in [1.82, 2.24) is 10.6 Å². The Hall–Kier alpha value is -2.41. The van der Waals surface area contributed by atoms with E-state index >= 15 is 0 Å². The minimum Gasteiger partial charge on any atom is -0.478 e. The molecule has 0 spiro atoms. The maximum atomic E-state index is 13.2. The van der Waals surface area contributed by atoms with Crippen molar-refractivity contribution in [2.24, 2.45) is 0 Å². The first-order chi connectivity index (χ1) is 14.5. The van der Waals surface area contributed by atoms with Crippen LogP contribution >= 0.6 is 12.4 Å². The summed E-state index contributed by atoms with van der Waals surface area (Å²) in [5, 5.41) is 15.7. The number of carboxylic acid groups (broad SMARTS) is 1. The number of carbonyl (C=O) groups is 2. The zero-order valence-electron chi connectivity index (χ0n) is 17.8. The Morgan fingerprint density at radius 1 is 1.06 bits per heavy atom. The molecule has 2 aromatic carbocycles. The van der Waals surface area contributed by atoms with Crippen LogP contribution in [0.15, 0.2) is 54.6 Å². The molecule has 168 valence electrons. The first-order valence-electron chi connectivity index (χ1n) is 10.5. The summed E-state index contributed by atoms with van der Waals surface area (Å²) < 4.78 is 5.50. The lowest BCUT2D eigenvalue weighted by Crippen LogP contribution is -2.60. The van der Waals surface area contributed by atoms with Crippen LogP contribution in [0, 0.1) is 0 Å².